The van der Waals surface area contributed by atoms with Gasteiger partial charge >= 0.3 is 0 Å². The van der Waals surface area contributed by atoms with Crippen LogP contribution in [0.1, 0.15) is 28.9 Å². The summed E-state index contributed by atoms with van der Waals surface area (Å²) in [6.07, 6.45) is 1.59. The van der Waals surface area contributed by atoms with Gasteiger partial charge in [0.2, 0.25) is 5.91 Å². The van der Waals surface area contributed by atoms with Crippen LogP contribution in [0.5, 0.6) is 0 Å². The summed E-state index contributed by atoms with van der Waals surface area (Å²) in [6.45, 7) is 1.00. The van der Waals surface area contributed by atoms with Gasteiger partial charge in [-0.25, -0.2) is 0 Å². The number of benzene rings is 2. The van der Waals surface area contributed by atoms with Crippen LogP contribution in [0.15, 0.2) is 60.7 Å². The van der Waals surface area contributed by atoms with Gasteiger partial charge in [0.25, 0.3) is 5.91 Å². The molecule has 3 heterocycles. The van der Waals surface area contributed by atoms with E-state index in [2.05, 4.69) is 0 Å². The zero-order valence-electron chi connectivity index (χ0n) is 14.8. The van der Waals surface area contributed by atoms with E-state index in [0.29, 0.717) is 24.3 Å². The summed E-state index contributed by atoms with van der Waals surface area (Å²) in [4.78, 5) is 34.5. The average molecular weight is 357 g/mol. The highest BCUT2D eigenvalue weighted by atomic mass is 16.2. The molecule has 5 nitrogen and oxygen atoms in total. The molecule has 1 saturated heterocycles. The number of amides is 2. The summed E-state index contributed by atoms with van der Waals surface area (Å²) in [5.41, 5.74) is 2.99. The van der Waals surface area contributed by atoms with Crippen LogP contribution in [0.3, 0.4) is 0 Å². The number of para-hydroxylation sites is 2. The Morgan fingerprint density at radius 3 is 2.70 bits per heavy atom. The van der Waals surface area contributed by atoms with E-state index < -0.39 is 0 Å². The molecule has 0 aliphatic carbocycles. The van der Waals surface area contributed by atoms with Crippen LogP contribution >= 0.6 is 0 Å². The van der Waals surface area contributed by atoms with Crippen LogP contribution in [-0.2, 0) is 11.3 Å². The molecule has 134 valence electrons. The van der Waals surface area contributed by atoms with Gasteiger partial charge in [0.15, 0.2) is 0 Å². The number of rotatable bonds is 2. The molecular weight excluding hydrogens is 338 g/mol. The van der Waals surface area contributed by atoms with Crippen molar-refractivity contribution >= 4 is 28.4 Å². The maximum atomic E-state index is 13.3. The number of fused-ring (bicyclic) bond motifs is 3. The van der Waals surface area contributed by atoms with Crippen molar-refractivity contribution in [1.82, 2.24) is 9.88 Å². The predicted octanol–water partition coefficient (Wildman–Crippen LogP) is 3.39. The lowest BCUT2D eigenvalue weighted by Gasteiger charge is -2.25. The van der Waals surface area contributed by atoms with Gasteiger partial charge in [-0.05, 0) is 37.1 Å². The van der Waals surface area contributed by atoms with Gasteiger partial charge in [0.1, 0.15) is 6.04 Å². The minimum Gasteiger partial charge on any atom is -0.327 e. The van der Waals surface area contributed by atoms with E-state index in [1.807, 2.05) is 60.7 Å². The second-order valence-electron chi connectivity index (χ2n) is 7.09. The molecule has 1 aromatic heterocycles. The first-order valence-corrected chi connectivity index (χ1v) is 9.28. The number of pyridine rings is 1. The number of aromatic nitrogens is 1. The molecule has 2 aliphatic rings. The van der Waals surface area contributed by atoms with Crippen LogP contribution in [0.2, 0.25) is 0 Å². The number of hydrogen-bond donors (Lipinski definition) is 0. The third-order valence-corrected chi connectivity index (χ3v) is 5.47. The lowest BCUT2D eigenvalue weighted by molar-refractivity contribution is -0.122. The van der Waals surface area contributed by atoms with Crippen LogP contribution < -0.4 is 4.90 Å². The molecule has 5 heteroatoms. The Bertz CT molecular complexity index is 1060. The summed E-state index contributed by atoms with van der Waals surface area (Å²) in [5, 5.41) is 1.07. The van der Waals surface area contributed by atoms with Crippen molar-refractivity contribution in [3.05, 3.63) is 71.9 Å². The highest BCUT2D eigenvalue weighted by Gasteiger charge is 2.41. The molecule has 0 saturated carbocycles. The van der Waals surface area contributed by atoms with Crippen molar-refractivity contribution in [2.24, 2.45) is 0 Å². The topological polar surface area (TPSA) is 53.5 Å². The molecule has 1 atom stereocenters. The molecule has 2 aromatic carbocycles. The molecule has 0 bridgehead atoms. The van der Waals surface area contributed by atoms with Crippen molar-refractivity contribution in [3.8, 4) is 0 Å². The van der Waals surface area contributed by atoms with Crippen LogP contribution in [0.25, 0.3) is 10.9 Å². The summed E-state index contributed by atoms with van der Waals surface area (Å²) in [6, 6.07) is 18.9. The summed E-state index contributed by atoms with van der Waals surface area (Å²) in [5.74, 6) is -0.0591. The number of nitrogens with zero attached hydrogens (tertiary/aromatic N) is 3. The van der Waals surface area contributed by atoms with Gasteiger partial charge in [0.05, 0.1) is 29.0 Å². The second kappa shape index (κ2) is 6.20. The fourth-order valence-electron chi connectivity index (χ4n) is 4.13. The fourth-order valence-corrected chi connectivity index (χ4v) is 4.13. The van der Waals surface area contributed by atoms with Gasteiger partial charge in [-0.3, -0.25) is 14.6 Å². The van der Waals surface area contributed by atoms with E-state index in [1.54, 1.807) is 9.80 Å². The first kappa shape index (κ1) is 16.0. The standard InChI is InChI=1S/C22H19N3O2/c26-21-17-7-2-4-9-19(17)25(22(27)20-10-5-13-24(20)21)14-16-12-11-15-6-1-3-8-18(15)23-16/h1-4,6-9,11-12,20H,5,10,13-14H2/t20-/m0/s1. The Morgan fingerprint density at radius 1 is 0.963 bits per heavy atom. The van der Waals surface area contributed by atoms with E-state index in [-0.39, 0.29) is 17.9 Å². The molecule has 0 radical (unpaired) electrons. The third-order valence-electron chi connectivity index (χ3n) is 5.47. The molecule has 2 aliphatic heterocycles. The number of anilines is 1. The molecule has 0 spiro atoms. The van der Waals surface area contributed by atoms with Gasteiger partial charge < -0.3 is 9.80 Å². The first-order valence-electron chi connectivity index (χ1n) is 9.28. The molecule has 27 heavy (non-hydrogen) atoms. The number of carbonyl (C=O) groups excluding carboxylic acids is 2. The molecule has 1 fully saturated rings. The maximum absolute atomic E-state index is 13.3. The quantitative estimate of drug-likeness (QED) is 0.706. The Morgan fingerprint density at radius 2 is 1.78 bits per heavy atom. The monoisotopic (exact) mass is 357 g/mol. The van der Waals surface area contributed by atoms with Crippen LogP contribution in [0, 0.1) is 0 Å². The van der Waals surface area contributed by atoms with E-state index in [9.17, 15) is 9.59 Å². The van der Waals surface area contributed by atoms with Gasteiger partial charge in [0, 0.05) is 11.9 Å². The molecular formula is C22H19N3O2. The predicted molar refractivity (Wildman–Crippen MR) is 103 cm³/mol. The zero-order chi connectivity index (χ0) is 18.4. The number of carbonyl (C=O) groups is 2. The van der Waals surface area contributed by atoms with Crippen molar-refractivity contribution in [1.29, 1.82) is 0 Å². The van der Waals surface area contributed by atoms with Crippen LogP contribution in [-0.4, -0.2) is 34.3 Å². The smallest absolute Gasteiger partial charge is 0.256 e. The van der Waals surface area contributed by atoms with Crippen molar-refractivity contribution in [2.45, 2.75) is 25.4 Å². The number of hydrogen-bond acceptors (Lipinski definition) is 3. The normalized spacial score (nSPS) is 19.2. The second-order valence-corrected chi connectivity index (χ2v) is 7.09. The highest BCUT2D eigenvalue weighted by molar-refractivity contribution is 6.11. The van der Waals surface area contributed by atoms with Crippen molar-refractivity contribution < 1.29 is 9.59 Å². The summed E-state index contributed by atoms with van der Waals surface area (Å²) >= 11 is 0. The Balaban J connectivity index is 1.59. The Hall–Kier alpha value is -3.21. The lowest BCUT2D eigenvalue weighted by Crippen LogP contribution is -2.44. The molecule has 0 N–H and O–H groups in total. The van der Waals surface area contributed by atoms with E-state index in [1.165, 1.54) is 0 Å². The maximum Gasteiger partial charge on any atom is 0.256 e. The summed E-state index contributed by atoms with van der Waals surface area (Å²) in [7, 11) is 0. The molecule has 0 unspecified atom stereocenters. The average Bonchev–Trinajstić information content (AvgIpc) is 3.18. The van der Waals surface area contributed by atoms with Gasteiger partial charge in [-0.2, -0.15) is 0 Å². The first-order chi connectivity index (χ1) is 13.2. The SMILES string of the molecule is O=C1[C@@H]2CCCN2C(=O)c2ccccc2N1Cc1ccc2ccccc2n1. The van der Waals surface area contributed by atoms with Crippen molar-refractivity contribution in [3.63, 3.8) is 0 Å². The van der Waals surface area contributed by atoms with Crippen molar-refractivity contribution in [2.75, 3.05) is 11.4 Å². The highest BCUT2D eigenvalue weighted by Crippen LogP contribution is 2.33. The minimum atomic E-state index is -0.370. The third kappa shape index (κ3) is 2.58. The zero-order valence-corrected chi connectivity index (χ0v) is 14.8. The largest absolute Gasteiger partial charge is 0.327 e. The van der Waals surface area contributed by atoms with Gasteiger partial charge in [-0.1, -0.05) is 36.4 Å². The fraction of sp³-hybridized carbons (Fsp3) is 0.227. The Kier molecular flexibility index (Phi) is 3.67. The Labute approximate surface area is 157 Å². The lowest BCUT2D eigenvalue weighted by atomic mass is 10.1. The molecule has 5 rings (SSSR count). The van der Waals surface area contributed by atoms with E-state index >= 15 is 0 Å². The molecule has 3 aromatic rings. The van der Waals surface area contributed by atoms with E-state index in [4.69, 9.17) is 4.98 Å². The van der Waals surface area contributed by atoms with Crippen LogP contribution in [0.4, 0.5) is 5.69 Å². The minimum absolute atomic E-state index is 0.0132. The van der Waals surface area contributed by atoms with Gasteiger partial charge in [-0.15, -0.1) is 0 Å². The molecule has 2 amide bonds. The summed E-state index contributed by atoms with van der Waals surface area (Å²) < 4.78 is 0. The van der Waals surface area contributed by atoms with E-state index in [0.717, 1.165) is 29.4 Å².